The van der Waals surface area contributed by atoms with E-state index in [-0.39, 0.29) is 26.4 Å². The molecule has 0 atom stereocenters. The molecule has 0 unspecified atom stereocenters. The van der Waals surface area contributed by atoms with Gasteiger partial charge < -0.3 is 20.1 Å². The molecule has 3 N–H and O–H groups in total. The number of carbonyl (C=O) groups excluding carboxylic acids is 1. The van der Waals surface area contributed by atoms with Crippen LogP contribution in [0.1, 0.15) is 27.2 Å². The molecule has 8 nitrogen and oxygen atoms in total. The number of carbonyl (C=O) groups is 3. The van der Waals surface area contributed by atoms with Crippen LogP contribution in [0.2, 0.25) is 0 Å². The Morgan fingerprint density at radius 3 is 1.71 bits per heavy atom. The normalized spacial score (nSPS) is 6.71. The van der Waals surface area contributed by atoms with E-state index in [1.54, 1.807) is 6.07 Å². The van der Waals surface area contributed by atoms with E-state index in [4.69, 9.17) is 20.6 Å². The molecule has 0 bridgehead atoms. The molecule has 0 aliphatic heterocycles. The van der Waals surface area contributed by atoms with Crippen LogP contribution in [0, 0.1) is 11.3 Å². The monoisotopic (exact) mass is 345 g/mol. The Labute approximate surface area is 143 Å². The number of nitrogens with zero attached hydrogens (tertiary/aromatic N) is 1. The Balaban J connectivity index is -0.0000000681. The number of esters is 1. The summed E-state index contributed by atoms with van der Waals surface area (Å²) >= 11 is 0. The van der Waals surface area contributed by atoms with Gasteiger partial charge >= 0.3 is 17.9 Å². The van der Waals surface area contributed by atoms with Gasteiger partial charge in [0.2, 0.25) is 0 Å². The van der Waals surface area contributed by atoms with Crippen LogP contribution in [-0.2, 0) is 19.1 Å². The van der Waals surface area contributed by atoms with Crippen molar-refractivity contribution in [2.75, 3.05) is 13.2 Å². The fourth-order valence-electron chi connectivity index (χ4n) is 0.357. The topological polar surface area (TPSA) is 145 Å². The van der Waals surface area contributed by atoms with Gasteiger partial charge in [-0.15, -0.1) is 0 Å². The maximum atomic E-state index is 10.2. The Morgan fingerprint density at radius 2 is 1.58 bits per heavy atom. The first-order valence-corrected chi connectivity index (χ1v) is 6.24. The highest BCUT2D eigenvalue weighted by molar-refractivity contribution is 5.81. The van der Waals surface area contributed by atoms with Crippen LogP contribution in [0.5, 0.6) is 0 Å². The summed E-state index contributed by atoms with van der Waals surface area (Å²) < 4.78 is 4.58. The molecule has 0 amide bonds. The summed E-state index contributed by atoms with van der Waals surface area (Å²) in [5.41, 5.74) is 0. The lowest BCUT2D eigenvalue weighted by Gasteiger charge is -1.94. The highest BCUT2D eigenvalue weighted by Crippen LogP contribution is 1.81. The van der Waals surface area contributed by atoms with Crippen molar-refractivity contribution < 1.29 is 34.4 Å². The van der Waals surface area contributed by atoms with Crippen LogP contribution < -0.4 is 0 Å². The highest BCUT2D eigenvalue weighted by atomic mass is 16.5. The number of aliphatic carboxylic acids is 2. The van der Waals surface area contributed by atoms with Crippen LogP contribution in [0.15, 0.2) is 38.0 Å². The molecule has 0 aliphatic carbocycles. The van der Waals surface area contributed by atoms with Gasteiger partial charge in [-0.05, 0) is 6.42 Å². The average Bonchev–Trinajstić information content (AvgIpc) is 2.53. The number of carboxylic acids is 2. The minimum Gasteiger partial charge on any atom is -0.481 e. The Kier molecular flexibility index (Phi) is 44.0. The lowest BCUT2D eigenvalue weighted by atomic mass is 10.5. The molecular weight excluding hydrogens is 318 g/mol. The molecule has 0 aromatic heterocycles. The molecule has 0 spiro atoms. The van der Waals surface area contributed by atoms with Gasteiger partial charge in [0.25, 0.3) is 0 Å². The van der Waals surface area contributed by atoms with Gasteiger partial charge in [-0.3, -0.25) is 4.79 Å². The zero-order chi connectivity index (χ0) is 19.1. The average molecular weight is 345 g/mol. The van der Waals surface area contributed by atoms with E-state index in [1.807, 2.05) is 6.92 Å². The summed E-state index contributed by atoms with van der Waals surface area (Å²) in [6.07, 6.45) is 3.88. The Morgan fingerprint density at radius 1 is 1.17 bits per heavy atom. The van der Waals surface area contributed by atoms with Gasteiger partial charge in [-0.2, -0.15) is 5.26 Å². The van der Waals surface area contributed by atoms with Gasteiger partial charge in [-0.1, -0.05) is 34.1 Å². The number of rotatable bonds is 6. The number of hydrogen-bond donors (Lipinski definition) is 3. The molecule has 0 fully saturated rings. The first-order valence-electron chi connectivity index (χ1n) is 6.24. The molecule has 0 radical (unpaired) electrons. The lowest BCUT2D eigenvalue weighted by Crippen LogP contribution is -1.99. The van der Waals surface area contributed by atoms with Crippen molar-refractivity contribution in [2.24, 2.45) is 0 Å². The second kappa shape index (κ2) is 32.1. The number of aliphatic hydroxyl groups is 1. The summed E-state index contributed by atoms with van der Waals surface area (Å²) in [6.45, 7) is 11.5. The third kappa shape index (κ3) is 75.6. The number of ether oxygens (including phenoxy) is 1. The highest BCUT2D eigenvalue weighted by Gasteiger charge is 1.89. The fraction of sp³-hybridized carbons (Fsp3) is 0.375. The second-order valence-electron chi connectivity index (χ2n) is 3.11. The molecule has 24 heavy (non-hydrogen) atoms. The maximum absolute atomic E-state index is 10.2. The number of carboxylic acid groups (broad SMARTS) is 2. The van der Waals surface area contributed by atoms with E-state index >= 15 is 0 Å². The van der Waals surface area contributed by atoms with Crippen molar-refractivity contribution in [2.45, 2.75) is 27.2 Å². The lowest BCUT2D eigenvalue weighted by molar-refractivity contribution is -0.138. The third-order valence-corrected chi connectivity index (χ3v) is 1.21. The molecule has 8 heteroatoms. The summed E-state index contributed by atoms with van der Waals surface area (Å²) in [4.78, 5) is 28.9. The van der Waals surface area contributed by atoms with Crippen molar-refractivity contribution in [3.63, 3.8) is 0 Å². The number of allylic oxidation sites excluding steroid dienone is 1. The molecule has 138 valence electrons. The standard InChI is InChI=1S/C6H10O2.C3H3N.C3H6O3.C3H4O2.CH4/c1-3-5-8-6(7)4-2;1-2-3-4;4-2-1-3(5)6;1-2-3(4)5;/h4H,2-3,5H2,1H3;2H,1H2;4H,1-2H2,(H,5,6);2H,1H2,(H,4,5);1H4. The van der Waals surface area contributed by atoms with Crippen molar-refractivity contribution in [1.82, 2.24) is 0 Å². The van der Waals surface area contributed by atoms with Gasteiger partial charge in [0, 0.05) is 18.2 Å². The fourth-order valence-corrected chi connectivity index (χ4v) is 0.357. The summed E-state index contributed by atoms with van der Waals surface area (Å²) in [6, 6.07) is 1.69. The first kappa shape index (κ1) is 32.9. The van der Waals surface area contributed by atoms with Crippen LogP contribution in [0.25, 0.3) is 0 Å². The summed E-state index contributed by atoms with van der Waals surface area (Å²) in [5.74, 6) is -2.28. The van der Waals surface area contributed by atoms with Gasteiger partial charge in [-0.25, -0.2) is 9.59 Å². The van der Waals surface area contributed by atoms with E-state index < -0.39 is 11.9 Å². The van der Waals surface area contributed by atoms with Crippen molar-refractivity contribution in [3.05, 3.63) is 38.0 Å². The molecule has 0 saturated heterocycles. The molecule has 0 rings (SSSR count). The third-order valence-electron chi connectivity index (χ3n) is 1.21. The van der Waals surface area contributed by atoms with E-state index in [0.717, 1.165) is 18.6 Å². The van der Waals surface area contributed by atoms with Gasteiger partial charge in [0.15, 0.2) is 0 Å². The van der Waals surface area contributed by atoms with E-state index in [1.165, 1.54) is 6.08 Å². The van der Waals surface area contributed by atoms with E-state index in [2.05, 4.69) is 24.5 Å². The van der Waals surface area contributed by atoms with Gasteiger partial charge in [0.1, 0.15) is 0 Å². The SMILES string of the molecule is C.C=CC#N.C=CC(=O)O.C=CC(=O)OCCC.O=C(O)CCO. The van der Waals surface area contributed by atoms with Crippen LogP contribution >= 0.6 is 0 Å². The summed E-state index contributed by atoms with van der Waals surface area (Å²) in [5, 5.41) is 30.7. The molecule has 0 heterocycles. The quantitative estimate of drug-likeness (QED) is 0.377. The summed E-state index contributed by atoms with van der Waals surface area (Å²) in [7, 11) is 0. The first-order chi connectivity index (χ1) is 10.8. The number of hydrogen-bond acceptors (Lipinski definition) is 6. The van der Waals surface area contributed by atoms with Crippen molar-refractivity contribution >= 4 is 17.9 Å². The van der Waals surface area contributed by atoms with Crippen LogP contribution in [0.4, 0.5) is 0 Å². The minimum atomic E-state index is -0.981. The second-order valence-corrected chi connectivity index (χ2v) is 3.11. The zero-order valence-electron chi connectivity index (χ0n) is 13.1. The smallest absolute Gasteiger partial charge is 0.330 e. The van der Waals surface area contributed by atoms with Crippen molar-refractivity contribution in [3.8, 4) is 6.07 Å². The number of aliphatic hydroxyl groups excluding tert-OH is 1. The zero-order valence-corrected chi connectivity index (χ0v) is 13.1. The molecule has 0 saturated carbocycles. The van der Waals surface area contributed by atoms with Gasteiger partial charge in [0.05, 0.1) is 25.7 Å². The Hall–Kier alpha value is -2.92. The number of nitriles is 1. The minimum absolute atomic E-state index is 0. The van der Waals surface area contributed by atoms with E-state index in [9.17, 15) is 14.4 Å². The molecule has 0 aliphatic rings. The predicted molar refractivity (Wildman–Crippen MR) is 91.2 cm³/mol. The van der Waals surface area contributed by atoms with Crippen LogP contribution in [0.3, 0.4) is 0 Å². The van der Waals surface area contributed by atoms with E-state index in [0.29, 0.717) is 6.61 Å². The van der Waals surface area contributed by atoms with Crippen molar-refractivity contribution in [1.29, 1.82) is 5.26 Å². The maximum Gasteiger partial charge on any atom is 0.330 e. The predicted octanol–water partition coefficient (Wildman–Crippen LogP) is 2.17. The molecule has 0 aromatic carbocycles. The van der Waals surface area contributed by atoms with Crippen LogP contribution in [-0.4, -0.2) is 46.4 Å². The largest absolute Gasteiger partial charge is 0.481 e. The Bertz CT molecular complexity index is 398. The molecule has 0 aromatic rings. The molecular formula is C16H27NO7.